The predicted octanol–water partition coefficient (Wildman–Crippen LogP) is 3.94. The van der Waals surface area contributed by atoms with Crippen LogP contribution in [0.15, 0.2) is 61.4 Å². The highest BCUT2D eigenvalue weighted by Gasteiger charge is 2.11. The van der Waals surface area contributed by atoms with Crippen LogP contribution in [0.25, 0.3) is 22.3 Å². The van der Waals surface area contributed by atoms with Gasteiger partial charge in [0, 0.05) is 65.3 Å². The van der Waals surface area contributed by atoms with Crippen LogP contribution >= 0.6 is 11.6 Å². The molecule has 0 atom stereocenters. The number of rotatable bonds is 3. The Morgan fingerprint density at radius 2 is 1.30 bits per heavy atom. The van der Waals surface area contributed by atoms with Gasteiger partial charge in [-0.2, -0.15) is 0 Å². The molecule has 3 heterocycles. The molecule has 3 nitrogen and oxygen atoms in total. The van der Waals surface area contributed by atoms with Crippen LogP contribution in [0.3, 0.4) is 0 Å². The Hall–Kier alpha value is -2.26. The molecule has 0 radical (unpaired) electrons. The quantitative estimate of drug-likeness (QED) is 0.683. The molecule has 98 valence electrons. The number of alkyl halides is 1. The summed E-state index contributed by atoms with van der Waals surface area (Å²) in [5, 5.41) is 0. The molecule has 0 aromatic carbocycles. The summed E-state index contributed by atoms with van der Waals surface area (Å²) >= 11 is 6.17. The van der Waals surface area contributed by atoms with E-state index in [4.69, 9.17) is 11.6 Å². The minimum atomic E-state index is 0.414. The zero-order chi connectivity index (χ0) is 13.8. The van der Waals surface area contributed by atoms with Gasteiger partial charge in [0.2, 0.25) is 0 Å². The molecule has 0 N–H and O–H groups in total. The fraction of sp³-hybridized carbons (Fsp3) is 0.0625. The smallest absolute Gasteiger partial charge is 0.0487 e. The number of hydrogen-bond acceptors (Lipinski definition) is 3. The van der Waals surface area contributed by atoms with Crippen LogP contribution in [0.2, 0.25) is 0 Å². The van der Waals surface area contributed by atoms with Crippen molar-refractivity contribution in [3.63, 3.8) is 0 Å². The first-order valence-electron chi connectivity index (χ1n) is 6.24. The summed E-state index contributed by atoms with van der Waals surface area (Å²) in [6.07, 6.45) is 10.8. The largest absolute Gasteiger partial charge is 0.264 e. The van der Waals surface area contributed by atoms with Gasteiger partial charge >= 0.3 is 0 Å². The second-order valence-corrected chi connectivity index (χ2v) is 4.60. The molecule has 0 saturated heterocycles. The first-order chi connectivity index (χ1) is 9.90. The number of aromatic nitrogens is 3. The van der Waals surface area contributed by atoms with Gasteiger partial charge in [0.15, 0.2) is 0 Å². The van der Waals surface area contributed by atoms with Crippen LogP contribution in [0.4, 0.5) is 0 Å². The Kier molecular flexibility index (Phi) is 3.70. The molecule has 4 heteroatoms. The Morgan fingerprint density at radius 1 is 0.750 bits per heavy atom. The highest BCUT2D eigenvalue weighted by molar-refractivity contribution is 6.18. The van der Waals surface area contributed by atoms with E-state index >= 15 is 0 Å². The first kappa shape index (κ1) is 12.8. The van der Waals surface area contributed by atoms with E-state index in [1.165, 1.54) is 0 Å². The van der Waals surface area contributed by atoms with Crippen LogP contribution in [-0.4, -0.2) is 15.0 Å². The number of hydrogen-bond donors (Lipinski definition) is 0. The second kappa shape index (κ2) is 5.80. The first-order valence-corrected chi connectivity index (χ1v) is 6.77. The molecule has 0 saturated carbocycles. The van der Waals surface area contributed by atoms with Crippen molar-refractivity contribution in [2.75, 3.05) is 0 Å². The van der Waals surface area contributed by atoms with E-state index in [0.29, 0.717) is 5.88 Å². The zero-order valence-electron chi connectivity index (χ0n) is 10.7. The molecule has 0 unspecified atom stereocenters. The zero-order valence-corrected chi connectivity index (χ0v) is 11.5. The van der Waals surface area contributed by atoms with E-state index in [1.54, 1.807) is 12.4 Å². The van der Waals surface area contributed by atoms with E-state index < -0.39 is 0 Å². The Morgan fingerprint density at radius 3 is 1.70 bits per heavy atom. The summed E-state index contributed by atoms with van der Waals surface area (Å²) in [4.78, 5) is 12.6. The van der Waals surface area contributed by atoms with Crippen molar-refractivity contribution in [2.24, 2.45) is 0 Å². The maximum Gasteiger partial charge on any atom is 0.0487 e. The summed E-state index contributed by atoms with van der Waals surface area (Å²) < 4.78 is 0. The average molecular weight is 282 g/mol. The lowest BCUT2D eigenvalue weighted by atomic mass is 9.97. The fourth-order valence-corrected chi connectivity index (χ4v) is 2.46. The lowest BCUT2D eigenvalue weighted by molar-refractivity contribution is 1.24. The summed E-state index contributed by atoms with van der Waals surface area (Å²) in [5.74, 6) is 0.414. The van der Waals surface area contributed by atoms with Crippen LogP contribution in [0.1, 0.15) is 5.56 Å². The molecule has 20 heavy (non-hydrogen) atoms. The molecular formula is C16H12ClN3. The fourth-order valence-electron chi connectivity index (χ4n) is 2.17. The highest BCUT2D eigenvalue weighted by Crippen LogP contribution is 2.31. The predicted molar refractivity (Wildman–Crippen MR) is 80.3 cm³/mol. The van der Waals surface area contributed by atoms with Gasteiger partial charge in [-0.15, -0.1) is 11.6 Å². The molecule has 0 aliphatic carbocycles. The van der Waals surface area contributed by atoms with Gasteiger partial charge in [-0.3, -0.25) is 15.0 Å². The molecule has 0 fully saturated rings. The van der Waals surface area contributed by atoms with Crippen LogP contribution in [-0.2, 0) is 5.88 Å². The SMILES string of the molecule is ClCc1c(-c2cccnc2)cncc1-c1cccnc1. The monoisotopic (exact) mass is 281 g/mol. The maximum absolute atomic E-state index is 6.17. The molecule has 3 aromatic rings. The van der Waals surface area contributed by atoms with E-state index in [-0.39, 0.29) is 0 Å². The van der Waals surface area contributed by atoms with Crippen molar-refractivity contribution in [1.29, 1.82) is 0 Å². The molecule has 0 aliphatic rings. The van der Waals surface area contributed by atoms with E-state index in [2.05, 4.69) is 15.0 Å². The van der Waals surface area contributed by atoms with Crippen molar-refractivity contribution in [1.82, 2.24) is 15.0 Å². The summed E-state index contributed by atoms with van der Waals surface area (Å²) in [5.41, 5.74) is 5.09. The third-order valence-electron chi connectivity index (χ3n) is 3.14. The number of nitrogens with zero attached hydrogens (tertiary/aromatic N) is 3. The van der Waals surface area contributed by atoms with Gasteiger partial charge < -0.3 is 0 Å². The van der Waals surface area contributed by atoms with Gasteiger partial charge in [0.1, 0.15) is 0 Å². The molecular weight excluding hydrogens is 270 g/mol. The molecule has 0 aliphatic heterocycles. The van der Waals surface area contributed by atoms with Crippen molar-refractivity contribution in [3.05, 3.63) is 67.0 Å². The van der Waals surface area contributed by atoms with Crippen molar-refractivity contribution < 1.29 is 0 Å². The van der Waals surface area contributed by atoms with Gasteiger partial charge in [0.05, 0.1) is 0 Å². The van der Waals surface area contributed by atoms with Gasteiger partial charge in [-0.25, -0.2) is 0 Å². The van der Waals surface area contributed by atoms with Crippen molar-refractivity contribution in [3.8, 4) is 22.3 Å². The number of halogens is 1. The van der Waals surface area contributed by atoms with Crippen molar-refractivity contribution >= 4 is 11.6 Å². The molecule has 3 aromatic heterocycles. The maximum atomic E-state index is 6.17. The standard InChI is InChI=1S/C16H12ClN3/c17-7-14-15(12-3-1-5-18-8-12)10-20-11-16(14)13-4-2-6-19-9-13/h1-6,8-11H,7H2. The lowest BCUT2D eigenvalue weighted by Crippen LogP contribution is -1.94. The topological polar surface area (TPSA) is 38.7 Å². The summed E-state index contributed by atoms with van der Waals surface area (Å²) in [7, 11) is 0. The van der Waals surface area contributed by atoms with E-state index in [1.807, 2.05) is 49.1 Å². The normalized spacial score (nSPS) is 10.4. The van der Waals surface area contributed by atoms with Gasteiger partial charge in [-0.1, -0.05) is 12.1 Å². The third kappa shape index (κ3) is 2.40. The second-order valence-electron chi connectivity index (χ2n) is 4.33. The average Bonchev–Trinajstić information content (AvgIpc) is 2.55. The Bertz CT molecular complexity index is 642. The molecule has 0 amide bonds. The minimum absolute atomic E-state index is 0.414. The van der Waals surface area contributed by atoms with Crippen LogP contribution in [0, 0.1) is 0 Å². The molecule has 0 bridgehead atoms. The summed E-state index contributed by atoms with van der Waals surface area (Å²) in [6, 6.07) is 7.83. The van der Waals surface area contributed by atoms with Gasteiger partial charge in [0.25, 0.3) is 0 Å². The lowest BCUT2D eigenvalue weighted by Gasteiger charge is -2.12. The van der Waals surface area contributed by atoms with Crippen LogP contribution in [0.5, 0.6) is 0 Å². The van der Waals surface area contributed by atoms with E-state index in [9.17, 15) is 0 Å². The Balaban J connectivity index is 2.19. The highest BCUT2D eigenvalue weighted by atomic mass is 35.5. The van der Waals surface area contributed by atoms with Gasteiger partial charge in [-0.05, 0) is 17.7 Å². The van der Waals surface area contributed by atoms with Crippen LogP contribution < -0.4 is 0 Å². The third-order valence-corrected chi connectivity index (χ3v) is 3.40. The summed E-state index contributed by atoms with van der Waals surface area (Å²) in [6.45, 7) is 0. The minimum Gasteiger partial charge on any atom is -0.264 e. The Labute approximate surface area is 122 Å². The number of pyridine rings is 3. The molecule has 3 rings (SSSR count). The van der Waals surface area contributed by atoms with Crippen molar-refractivity contribution in [2.45, 2.75) is 5.88 Å². The molecule has 0 spiro atoms. The van der Waals surface area contributed by atoms with E-state index in [0.717, 1.165) is 27.8 Å².